The minimum Gasteiger partial charge on any atom is -0.349 e. The summed E-state index contributed by atoms with van der Waals surface area (Å²) >= 11 is 20.4. The third kappa shape index (κ3) is 6.00. The number of carbonyl (C=O) groups is 2. The van der Waals surface area contributed by atoms with Gasteiger partial charge in [0.05, 0.1) is 21.0 Å². The fourth-order valence-corrected chi connectivity index (χ4v) is 7.68. The fraction of sp³-hybridized carbons (Fsp3) is 0.400. The van der Waals surface area contributed by atoms with Crippen LogP contribution in [-0.4, -0.2) is 17.9 Å². The van der Waals surface area contributed by atoms with E-state index in [1.165, 1.54) is 23.5 Å². The molecule has 2 saturated carbocycles. The lowest BCUT2D eigenvalue weighted by Crippen LogP contribution is -2.42. The van der Waals surface area contributed by atoms with Gasteiger partial charge in [-0.2, -0.15) is 0 Å². The molecular weight excluding hydrogens is 578 g/mol. The zero-order valence-corrected chi connectivity index (χ0v) is 24.6. The second-order valence-electron chi connectivity index (χ2n) is 10.9. The van der Waals surface area contributed by atoms with Crippen molar-refractivity contribution in [3.8, 4) is 10.4 Å². The van der Waals surface area contributed by atoms with E-state index in [4.69, 9.17) is 34.8 Å². The lowest BCUT2D eigenvalue weighted by atomic mass is 9.76. The molecule has 2 aliphatic carbocycles. The number of thiophene rings is 1. The van der Waals surface area contributed by atoms with E-state index in [2.05, 4.69) is 17.6 Å². The van der Waals surface area contributed by atoms with Gasteiger partial charge in [-0.1, -0.05) is 72.8 Å². The Balaban J connectivity index is 1.26. The first-order valence-electron chi connectivity index (χ1n) is 13.3. The molecule has 2 N–H and O–H groups in total. The number of benzene rings is 2. The van der Waals surface area contributed by atoms with Crippen LogP contribution in [0.15, 0.2) is 48.5 Å². The summed E-state index contributed by atoms with van der Waals surface area (Å²) in [6, 6.07) is 13.3. The minimum atomic E-state index is -0.582. The van der Waals surface area contributed by atoms with Gasteiger partial charge in [0.2, 0.25) is 5.91 Å². The Morgan fingerprint density at radius 2 is 1.74 bits per heavy atom. The summed E-state index contributed by atoms with van der Waals surface area (Å²) in [5.41, 5.74) is 0.828. The lowest BCUT2D eigenvalue weighted by Gasteiger charge is -2.36. The van der Waals surface area contributed by atoms with Crippen LogP contribution in [-0.2, 0) is 4.79 Å². The van der Waals surface area contributed by atoms with Crippen LogP contribution in [0.2, 0.25) is 15.1 Å². The zero-order valence-electron chi connectivity index (χ0n) is 21.5. The van der Waals surface area contributed by atoms with Crippen LogP contribution in [0.3, 0.4) is 0 Å². The largest absolute Gasteiger partial charge is 0.349 e. The SMILES string of the molecule is CC1([C@H](NC(=O)[C@H]2CC[C@@H](NC(=O)c3ccc(-c4ccccc4Cl)s3)C2)c2c(F)ccc(Cl)c2Cl)CCCC1. The maximum Gasteiger partial charge on any atom is 0.261 e. The molecule has 39 heavy (non-hydrogen) atoms. The van der Waals surface area contributed by atoms with Crippen LogP contribution in [0.4, 0.5) is 4.39 Å². The first-order chi connectivity index (χ1) is 18.7. The predicted molar refractivity (Wildman–Crippen MR) is 157 cm³/mol. The smallest absolute Gasteiger partial charge is 0.261 e. The van der Waals surface area contributed by atoms with Gasteiger partial charge in [-0.15, -0.1) is 11.3 Å². The van der Waals surface area contributed by atoms with Crippen LogP contribution >= 0.6 is 46.1 Å². The second-order valence-corrected chi connectivity index (χ2v) is 13.2. The van der Waals surface area contributed by atoms with Crippen molar-refractivity contribution >= 4 is 58.0 Å². The first-order valence-corrected chi connectivity index (χ1v) is 15.2. The van der Waals surface area contributed by atoms with Crippen LogP contribution in [0, 0.1) is 17.2 Å². The molecule has 0 radical (unpaired) electrons. The summed E-state index contributed by atoms with van der Waals surface area (Å²) in [7, 11) is 0. The standard InChI is InChI=1S/C30H30Cl3FN2O2S/c1-30(14-4-5-15-30)27(25-22(34)11-10-21(32)26(25)33)36-28(37)17-8-9-18(16-17)35-29(38)24-13-12-23(39-24)19-6-2-3-7-20(19)31/h2-3,6-7,10-13,17-18,27H,4-5,8-9,14-16H2,1H3,(H,35,38)(H,36,37)/t17-,18+,27+/m0/s1. The molecule has 0 aliphatic heterocycles. The van der Waals surface area contributed by atoms with E-state index >= 15 is 4.39 Å². The quantitative estimate of drug-likeness (QED) is 0.264. The van der Waals surface area contributed by atoms with Crippen molar-refractivity contribution in [1.29, 1.82) is 0 Å². The molecule has 0 bridgehead atoms. The average Bonchev–Trinajstić information content (AvgIpc) is 3.68. The number of carbonyl (C=O) groups excluding carboxylic acids is 2. The molecule has 0 saturated heterocycles. The lowest BCUT2D eigenvalue weighted by molar-refractivity contribution is -0.126. The van der Waals surface area contributed by atoms with Crippen molar-refractivity contribution in [2.24, 2.45) is 11.3 Å². The molecule has 2 amide bonds. The van der Waals surface area contributed by atoms with Crippen LogP contribution in [0.5, 0.6) is 0 Å². The maximum absolute atomic E-state index is 15.1. The van der Waals surface area contributed by atoms with Gasteiger partial charge < -0.3 is 10.6 Å². The van der Waals surface area contributed by atoms with E-state index in [1.807, 2.05) is 30.3 Å². The zero-order chi connectivity index (χ0) is 27.7. The molecule has 0 spiro atoms. The van der Waals surface area contributed by atoms with Gasteiger partial charge in [0.15, 0.2) is 0 Å². The van der Waals surface area contributed by atoms with Crippen molar-refractivity contribution in [3.05, 3.63) is 79.9 Å². The summed E-state index contributed by atoms with van der Waals surface area (Å²) in [6.45, 7) is 2.08. The number of halogens is 4. The highest BCUT2D eigenvalue weighted by Gasteiger charge is 2.43. The molecule has 4 nitrogen and oxygen atoms in total. The molecule has 5 rings (SSSR count). The number of hydrogen-bond donors (Lipinski definition) is 2. The molecule has 206 valence electrons. The van der Waals surface area contributed by atoms with Crippen molar-refractivity contribution < 1.29 is 14.0 Å². The molecule has 1 heterocycles. The van der Waals surface area contributed by atoms with Gasteiger partial charge in [0, 0.05) is 33.0 Å². The van der Waals surface area contributed by atoms with Crippen molar-refractivity contribution in [2.75, 3.05) is 0 Å². The molecule has 0 unspecified atom stereocenters. The van der Waals surface area contributed by atoms with Gasteiger partial charge in [0.1, 0.15) is 5.82 Å². The normalized spacial score (nSPS) is 21.1. The fourth-order valence-electron chi connectivity index (χ4n) is 6.01. The molecule has 3 atom stereocenters. The Bertz CT molecular complexity index is 1390. The van der Waals surface area contributed by atoms with Crippen LogP contribution < -0.4 is 10.6 Å². The molecule has 9 heteroatoms. The van der Waals surface area contributed by atoms with Crippen molar-refractivity contribution in [1.82, 2.24) is 10.6 Å². The van der Waals surface area contributed by atoms with Crippen LogP contribution in [0.25, 0.3) is 10.4 Å². The summed E-state index contributed by atoms with van der Waals surface area (Å²) in [5.74, 6) is -1.05. The third-order valence-corrected chi connectivity index (χ3v) is 10.5. The summed E-state index contributed by atoms with van der Waals surface area (Å²) in [5, 5.41) is 7.30. The number of nitrogens with one attached hydrogen (secondary N) is 2. The topological polar surface area (TPSA) is 58.2 Å². The summed E-state index contributed by atoms with van der Waals surface area (Å²) in [4.78, 5) is 28.0. The van der Waals surface area contributed by atoms with Crippen LogP contribution in [0.1, 0.15) is 73.1 Å². The molecule has 2 aromatic carbocycles. The van der Waals surface area contributed by atoms with Crippen molar-refractivity contribution in [3.63, 3.8) is 0 Å². The van der Waals surface area contributed by atoms with E-state index in [0.29, 0.717) is 29.2 Å². The van der Waals surface area contributed by atoms with Gasteiger partial charge in [0.25, 0.3) is 5.91 Å². The van der Waals surface area contributed by atoms with E-state index in [-0.39, 0.29) is 44.8 Å². The molecule has 1 aromatic heterocycles. The van der Waals surface area contributed by atoms with E-state index < -0.39 is 11.9 Å². The minimum absolute atomic E-state index is 0.119. The maximum atomic E-state index is 15.1. The highest BCUT2D eigenvalue weighted by molar-refractivity contribution is 7.17. The molecule has 2 aliphatic rings. The predicted octanol–water partition coefficient (Wildman–Crippen LogP) is 8.85. The van der Waals surface area contributed by atoms with Gasteiger partial charge >= 0.3 is 0 Å². The van der Waals surface area contributed by atoms with E-state index in [9.17, 15) is 9.59 Å². The second kappa shape index (κ2) is 11.8. The average molecular weight is 608 g/mol. The summed E-state index contributed by atoms with van der Waals surface area (Å²) in [6.07, 6.45) is 5.61. The molecule has 3 aromatic rings. The number of rotatable bonds is 7. The Morgan fingerprint density at radius 1 is 1.00 bits per heavy atom. The third-order valence-electron chi connectivity index (χ3n) is 8.21. The van der Waals surface area contributed by atoms with E-state index in [0.717, 1.165) is 36.1 Å². The monoisotopic (exact) mass is 606 g/mol. The Hall–Kier alpha value is -2.12. The molecular formula is C30H30Cl3FN2O2S. The van der Waals surface area contributed by atoms with Crippen molar-refractivity contribution in [2.45, 2.75) is 64.0 Å². The van der Waals surface area contributed by atoms with Gasteiger partial charge in [-0.25, -0.2) is 4.39 Å². The Kier molecular flexibility index (Phi) is 8.58. The van der Waals surface area contributed by atoms with E-state index in [1.54, 1.807) is 6.07 Å². The highest BCUT2D eigenvalue weighted by atomic mass is 35.5. The highest BCUT2D eigenvalue weighted by Crippen LogP contribution is 2.50. The molecule has 2 fully saturated rings. The van der Waals surface area contributed by atoms with Gasteiger partial charge in [-0.3, -0.25) is 9.59 Å². The Morgan fingerprint density at radius 3 is 2.49 bits per heavy atom. The number of hydrogen-bond acceptors (Lipinski definition) is 3. The number of amides is 2. The van der Waals surface area contributed by atoms with Gasteiger partial charge in [-0.05, 0) is 67.9 Å². The summed E-state index contributed by atoms with van der Waals surface area (Å²) < 4.78 is 15.1. The Labute approximate surface area is 247 Å². The first kappa shape index (κ1) is 28.4.